The zero-order valence-corrected chi connectivity index (χ0v) is 9.87. The van der Waals surface area contributed by atoms with Crippen LogP contribution in [-0.2, 0) is 4.74 Å². The molecule has 3 heteroatoms. The van der Waals surface area contributed by atoms with Crippen LogP contribution in [0, 0.1) is 0 Å². The predicted molar refractivity (Wildman–Crippen MR) is 62.1 cm³/mol. The van der Waals surface area contributed by atoms with Gasteiger partial charge in [-0.1, -0.05) is 0 Å². The molecule has 1 saturated heterocycles. The molecule has 0 aromatic rings. The van der Waals surface area contributed by atoms with Gasteiger partial charge in [0.25, 0.3) is 0 Å². The second kappa shape index (κ2) is 5.83. The van der Waals surface area contributed by atoms with E-state index < -0.39 is 0 Å². The van der Waals surface area contributed by atoms with Gasteiger partial charge in [-0.2, -0.15) is 0 Å². The number of hydrogen-bond donors (Lipinski definition) is 1. The van der Waals surface area contributed by atoms with Crippen LogP contribution in [0.2, 0.25) is 0 Å². The topological polar surface area (TPSA) is 24.5 Å². The summed E-state index contributed by atoms with van der Waals surface area (Å²) in [5.41, 5.74) is 0. The van der Waals surface area contributed by atoms with Crippen LogP contribution in [0.1, 0.15) is 32.1 Å². The van der Waals surface area contributed by atoms with Crippen molar-refractivity contribution in [2.45, 2.75) is 44.2 Å². The third-order valence-corrected chi connectivity index (χ3v) is 3.87. The lowest BCUT2D eigenvalue weighted by Crippen LogP contribution is -2.41. The predicted octanol–water partition coefficient (Wildman–Crippen LogP) is 1.24. The van der Waals surface area contributed by atoms with Crippen LogP contribution >= 0.6 is 0 Å². The van der Waals surface area contributed by atoms with Gasteiger partial charge in [-0.25, -0.2) is 0 Å². The molecule has 2 fully saturated rings. The van der Waals surface area contributed by atoms with Crippen LogP contribution in [0.5, 0.6) is 0 Å². The van der Waals surface area contributed by atoms with Crippen molar-refractivity contribution in [1.82, 2.24) is 10.2 Å². The summed E-state index contributed by atoms with van der Waals surface area (Å²) in [5.74, 6) is 0. The summed E-state index contributed by atoms with van der Waals surface area (Å²) < 4.78 is 5.42. The molecule has 0 aromatic heterocycles. The highest BCUT2D eigenvalue weighted by atomic mass is 16.5. The van der Waals surface area contributed by atoms with Crippen LogP contribution in [-0.4, -0.2) is 50.3 Å². The fourth-order valence-corrected chi connectivity index (χ4v) is 2.88. The van der Waals surface area contributed by atoms with Gasteiger partial charge < -0.3 is 10.1 Å². The van der Waals surface area contributed by atoms with Crippen molar-refractivity contribution < 1.29 is 4.74 Å². The molecule has 15 heavy (non-hydrogen) atoms. The molecule has 2 aliphatic rings. The highest BCUT2D eigenvalue weighted by Gasteiger charge is 2.25. The van der Waals surface area contributed by atoms with Crippen molar-refractivity contribution in [3.8, 4) is 0 Å². The molecular formula is C12H24N2O. The number of methoxy groups -OCH3 is 1. The summed E-state index contributed by atoms with van der Waals surface area (Å²) in [6.45, 7) is 4.89. The van der Waals surface area contributed by atoms with Gasteiger partial charge in [0.15, 0.2) is 0 Å². The second-order valence-electron chi connectivity index (χ2n) is 4.81. The van der Waals surface area contributed by atoms with E-state index in [2.05, 4.69) is 10.2 Å². The number of nitrogens with zero attached hydrogens (tertiary/aromatic N) is 1. The van der Waals surface area contributed by atoms with Gasteiger partial charge in [0.1, 0.15) is 0 Å². The summed E-state index contributed by atoms with van der Waals surface area (Å²) in [6, 6.07) is 0.830. The van der Waals surface area contributed by atoms with Crippen molar-refractivity contribution in [3.63, 3.8) is 0 Å². The van der Waals surface area contributed by atoms with Crippen LogP contribution < -0.4 is 5.32 Å². The van der Waals surface area contributed by atoms with E-state index in [1.54, 1.807) is 0 Å². The van der Waals surface area contributed by atoms with Gasteiger partial charge in [0, 0.05) is 26.2 Å². The third-order valence-electron chi connectivity index (χ3n) is 3.87. The molecule has 0 radical (unpaired) electrons. The van der Waals surface area contributed by atoms with Crippen LogP contribution in [0.25, 0.3) is 0 Å². The van der Waals surface area contributed by atoms with Crippen LogP contribution in [0.3, 0.4) is 0 Å². The first-order valence-electron chi connectivity index (χ1n) is 6.37. The molecule has 0 amide bonds. The van der Waals surface area contributed by atoms with Crippen molar-refractivity contribution in [2.24, 2.45) is 0 Å². The number of nitrogens with one attached hydrogen (secondary N) is 1. The minimum atomic E-state index is 0.534. The lowest BCUT2D eigenvalue weighted by atomic mass is 9.91. The van der Waals surface area contributed by atoms with E-state index in [0.717, 1.165) is 6.04 Å². The highest BCUT2D eigenvalue weighted by molar-refractivity contribution is 4.81. The highest BCUT2D eigenvalue weighted by Crippen LogP contribution is 2.24. The smallest absolute Gasteiger partial charge is 0.0572 e. The van der Waals surface area contributed by atoms with E-state index >= 15 is 0 Å². The summed E-state index contributed by atoms with van der Waals surface area (Å²) in [5, 5.41) is 3.47. The van der Waals surface area contributed by atoms with E-state index in [-0.39, 0.29) is 0 Å². The van der Waals surface area contributed by atoms with Gasteiger partial charge in [-0.15, -0.1) is 0 Å². The Bertz CT molecular complexity index is 170. The van der Waals surface area contributed by atoms with Crippen molar-refractivity contribution in [3.05, 3.63) is 0 Å². The summed E-state index contributed by atoms with van der Waals surface area (Å²) in [4.78, 5) is 2.69. The van der Waals surface area contributed by atoms with E-state index in [9.17, 15) is 0 Å². The second-order valence-corrected chi connectivity index (χ2v) is 4.81. The Labute approximate surface area is 93.2 Å². The fraction of sp³-hybridized carbons (Fsp3) is 1.00. The Morgan fingerprint density at radius 1 is 1.07 bits per heavy atom. The molecule has 1 heterocycles. The fourth-order valence-electron chi connectivity index (χ4n) is 2.88. The molecule has 1 aliphatic carbocycles. The lowest BCUT2D eigenvalue weighted by Gasteiger charge is -2.35. The summed E-state index contributed by atoms with van der Waals surface area (Å²) >= 11 is 0. The first kappa shape index (κ1) is 11.4. The normalized spacial score (nSPS) is 35.0. The molecule has 3 nitrogen and oxygen atoms in total. The Morgan fingerprint density at radius 2 is 1.87 bits per heavy atom. The van der Waals surface area contributed by atoms with E-state index in [1.807, 2.05) is 7.11 Å². The monoisotopic (exact) mass is 212 g/mol. The maximum Gasteiger partial charge on any atom is 0.0572 e. The molecule has 88 valence electrons. The van der Waals surface area contributed by atoms with Crippen molar-refractivity contribution in [1.29, 1.82) is 0 Å². The van der Waals surface area contributed by atoms with Crippen molar-refractivity contribution >= 4 is 0 Å². The van der Waals surface area contributed by atoms with Gasteiger partial charge in [-0.05, 0) is 45.2 Å². The van der Waals surface area contributed by atoms with Gasteiger partial charge in [-0.3, -0.25) is 4.90 Å². The molecule has 0 atom stereocenters. The van der Waals surface area contributed by atoms with Gasteiger partial charge in [0.05, 0.1) is 6.10 Å². The largest absolute Gasteiger partial charge is 0.381 e. The average Bonchev–Trinajstić information content (AvgIpc) is 2.58. The first-order valence-corrected chi connectivity index (χ1v) is 6.37. The Kier molecular flexibility index (Phi) is 4.42. The molecule has 0 bridgehead atoms. The number of ether oxygens (including phenoxy) is 1. The van der Waals surface area contributed by atoms with E-state index in [1.165, 1.54) is 58.3 Å². The van der Waals surface area contributed by atoms with Crippen LogP contribution in [0.4, 0.5) is 0 Å². The molecule has 0 spiro atoms. The quantitative estimate of drug-likeness (QED) is 0.745. The summed E-state index contributed by atoms with van der Waals surface area (Å²) in [7, 11) is 1.85. The molecule has 0 unspecified atom stereocenters. The zero-order valence-electron chi connectivity index (χ0n) is 9.87. The van der Waals surface area contributed by atoms with Crippen molar-refractivity contribution in [2.75, 3.05) is 33.3 Å². The van der Waals surface area contributed by atoms with Gasteiger partial charge >= 0.3 is 0 Å². The molecular weight excluding hydrogens is 188 g/mol. The number of rotatable bonds is 2. The minimum absolute atomic E-state index is 0.534. The molecule has 1 N–H and O–H groups in total. The maximum atomic E-state index is 5.42. The van der Waals surface area contributed by atoms with E-state index in [0.29, 0.717) is 6.10 Å². The Balaban J connectivity index is 1.78. The van der Waals surface area contributed by atoms with Gasteiger partial charge in [0.2, 0.25) is 0 Å². The molecule has 1 saturated carbocycles. The SMILES string of the molecule is COC1CCC(N2CCCNCC2)CC1. The molecule has 1 aliphatic heterocycles. The standard InChI is InChI=1S/C12H24N2O/c1-15-12-5-3-11(4-6-12)14-9-2-7-13-8-10-14/h11-13H,2-10H2,1H3. The molecule has 0 aromatic carbocycles. The molecule has 2 rings (SSSR count). The lowest BCUT2D eigenvalue weighted by molar-refractivity contribution is 0.0399. The Morgan fingerprint density at radius 3 is 2.60 bits per heavy atom. The summed E-state index contributed by atoms with van der Waals surface area (Å²) in [6.07, 6.45) is 7.02. The Hall–Kier alpha value is -0.120. The van der Waals surface area contributed by atoms with E-state index in [4.69, 9.17) is 4.74 Å². The number of hydrogen-bond acceptors (Lipinski definition) is 3. The third kappa shape index (κ3) is 3.16. The zero-order chi connectivity index (χ0) is 10.5. The first-order chi connectivity index (χ1) is 7.40. The average molecular weight is 212 g/mol. The minimum Gasteiger partial charge on any atom is -0.381 e. The van der Waals surface area contributed by atoms with Crippen LogP contribution in [0.15, 0.2) is 0 Å². The maximum absolute atomic E-state index is 5.42.